The minimum Gasteiger partial charge on any atom is -0.316 e. The molecule has 0 bridgehead atoms. The highest BCUT2D eigenvalue weighted by Gasteiger charge is 2.31. The van der Waals surface area contributed by atoms with Gasteiger partial charge in [0, 0.05) is 11.0 Å². The number of nitrogens with two attached hydrogens (primary N) is 1. The predicted molar refractivity (Wildman–Crippen MR) is 119 cm³/mol. The van der Waals surface area contributed by atoms with Gasteiger partial charge in [-0.25, -0.2) is 0 Å². The molecule has 0 radical (unpaired) electrons. The van der Waals surface area contributed by atoms with E-state index in [0.717, 1.165) is 12.8 Å². The average Bonchev–Trinajstić information content (AvgIpc) is 2.70. The van der Waals surface area contributed by atoms with E-state index >= 15 is 0 Å². The topological polar surface area (TPSA) is 16.6 Å². The lowest BCUT2D eigenvalue weighted by atomic mass is 9.72. The largest absolute Gasteiger partial charge is 0.316 e. The summed E-state index contributed by atoms with van der Waals surface area (Å²) in [4.78, 5) is 0. The Kier molecular flexibility index (Phi) is 7.43. The number of fused-ring (bicyclic) bond motifs is 1. The van der Waals surface area contributed by atoms with E-state index in [0.29, 0.717) is 0 Å². The van der Waals surface area contributed by atoms with E-state index in [1.165, 1.54) is 33.2 Å². The van der Waals surface area contributed by atoms with Crippen LogP contribution in [0.3, 0.4) is 0 Å². The van der Waals surface area contributed by atoms with Crippen LogP contribution in [-0.4, -0.2) is 12.9 Å². The van der Waals surface area contributed by atoms with Crippen LogP contribution in [-0.2, 0) is 11.8 Å². The Morgan fingerprint density at radius 1 is 0.923 bits per heavy atom. The number of halogens is 1. The van der Waals surface area contributed by atoms with Gasteiger partial charge in [-0.05, 0) is 54.1 Å². The number of benzene rings is 3. The van der Waals surface area contributed by atoms with Crippen molar-refractivity contribution in [1.29, 1.82) is 0 Å². The van der Waals surface area contributed by atoms with E-state index in [1.807, 2.05) is 5.83 Å². The molecule has 1 unspecified atom stereocenters. The second-order valence-corrected chi connectivity index (χ2v) is 7.12. The lowest BCUT2D eigenvalue weighted by molar-refractivity contribution is -0.540. The lowest BCUT2D eigenvalue weighted by Gasteiger charge is -2.31. The summed E-state index contributed by atoms with van der Waals surface area (Å²) in [5, 5.41) is 4.98. The molecule has 0 saturated carbocycles. The zero-order valence-corrected chi connectivity index (χ0v) is 18.2. The molecule has 3 aromatic rings. The van der Waals surface area contributed by atoms with Crippen molar-refractivity contribution in [1.82, 2.24) is 0 Å². The number of alkyl halides is 1. The summed E-state index contributed by atoms with van der Waals surface area (Å²) in [5.41, 5.74) is 5.72. The zero-order valence-electron chi connectivity index (χ0n) is 16.6. The van der Waals surface area contributed by atoms with Gasteiger partial charge in [-0.15, -0.1) is 0 Å². The molecule has 0 aliphatic heterocycles. The van der Waals surface area contributed by atoms with Gasteiger partial charge >= 0.3 is 0 Å². The van der Waals surface area contributed by atoms with Crippen LogP contribution in [0.1, 0.15) is 37.0 Å². The molecule has 138 valence electrons. The molecule has 2 N–H and O–H groups in total. The van der Waals surface area contributed by atoms with Crippen molar-refractivity contribution in [3.05, 3.63) is 77.4 Å². The first kappa shape index (κ1) is 20.7. The van der Waals surface area contributed by atoms with Crippen molar-refractivity contribution in [2.24, 2.45) is 0 Å². The van der Waals surface area contributed by atoms with E-state index in [2.05, 4.69) is 110 Å². The highest BCUT2D eigenvalue weighted by atomic mass is 79.9. The van der Waals surface area contributed by atoms with Gasteiger partial charge in [0.25, 0.3) is 0 Å². The molecule has 0 saturated heterocycles. The van der Waals surface area contributed by atoms with E-state index in [-0.39, 0.29) is 5.41 Å². The minimum atomic E-state index is 0.123. The lowest BCUT2D eigenvalue weighted by Crippen LogP contribution is -2.73. The number of hydrogen-bond donors (Lipinski definition) is 1. The molecule has 1 atom stereocenters. The first-order valence-corrected chi connectivity index (χ1v) is 10.9. The Hall–Kier alpha value is -1.64. The van der Waals surface area contributed by atoms with Gasteiger partial charge in [-0.3, -0.25) is 0 Å². The second kappa shape index (κ2) is 9.34. The molecule has 0 aliphatic carbocycles. The van der Waals surface area contributed by atoms with Crippen LogP contribution in [0, 0.1) is 6.92 Å². The summed E-state index contributed by atoms with van der Waals surface area (Å²) >= 11 is 2.94. The van der Waals surface area contributed by atoms with Gasteiger partial charge in [0.05, 0.1) is 7.05 Å². The summed E-state index contributed by atoms with van der Waals surface area (Å²) in [5.74, 6) is 1.81. The first-order valence-electron chi connectivity index (χ1n) is 9.32. The maximum Gasteiger partial charge on any atom is 0.133 e. The van der Waals surface area contributed by atoms with Gasteiger partial charge in [-0.1, -0.05) is 83.9 Å². The number of quaternary nitrogens is 1. The smallest absolute Gasteiger partial charge is 0.133 e. The van der Waals surface area contributed by atoms with Crippen molar-refractivity contribution in [3.63, 3.8) is 0 Å². The molecule has 0 spiro atoms. The Morgan fingerprint density at radius 2 is 1.58 bits per heavy atom. The van der Waals surface area contributed by atoms with Crippen molar-refractivity contribution in [2.75, 3.05) is 12.9 Å². The standard InChI is InChI=1S/C23H27N.CH3Br/c1-5-23(3,16-18-12-10-17(2)11-13-18)22-20-9-7-6-8-19(20)14-15-21(22)24-4;1-2/h6-15,24H,5,16H2,1-4H3;1H3/p+1. The molecule has 3 rings (SSSR count). The second-order valence-electron chi connectivity index (χ2n) is 7.12. The van der Waals surface area contributed by atoms with Crippen LogP contribution in [0.5, 0.6) is 0 Å². The highest BCUT2D eigenvalue weighted by molar-refractivity contribution is 9.08. The summed E-state index contributed by atoms with van der Waals surface area (Å²) in [6, 6.07) is 22.3. The Bertz CT molecular complexity index is 838. The fraction of sp³-hybridized carbons (Fsp3) is 0.333. The Labute approximate surface area is 167 Å². The fourth-order valence-corrected chi connectivity index (χ4v) is 3.75. The number of rotatable bonds is 5. The van der Waals surface area contributed by atoms with E-state index in [9.17, 15) is 0 Å². The molecule has 0 amide bonds. The van der Waals surface area contributed by atoms with Crippen molar-refractivity contribution < 1.29 is 5.32 Å². The fourth-order valence-electron chi connectivity index (χ4n) is 3.75. The van der Waals surface area contributed by atoms with Crippen LogP contribution >= 0.6 is 15.9 Å². The number of hydrogen-bond acceptors (Lipinski definition) is 0. The van der Waals surface area contributed by atoms with E-state index in [1.54, 1.807) is 0 Å². The normalized spacial score (nSPS) is 13.0. The molecule has 0 fully saturated rings. The molecular formula is C24H31BrN+. The van der Waals surface area contributed by atoms with Gasteiger partial charge in [0.1, 0.15) is 5.69 Å². The minimum absolute atomic E-state index is 0.123. The van der Waals surface area contributed by atoms with Gasteiger partial charge in [0.15, 0.2) is 0 Å². The van der Waals surface area contributed by atoms with E-state index < -0.39 is 0 Å². The first-order chi connectivity index (χ1) is 12.6. The molecule has 2 heteroatoms. The number of aryl methyl sites for hydroxylation is 1. The summed E-state index contributed by atoms with van der Waals surface area (Å²) in [7, 11) is 2.15. The maximum absolute atomic E-state index is 2.94. The van der Waals surface area contributed by atoms with Crippen LogP contribution in [0.4, 0.5) is 5.69 Å². The highest BCUT2D eigenvalue weighted by Crippen LogP contribution is 2.39. The van der Waals surface area contributed by atoms with Crippen LogP contribution in [0.2, 0.25) is 0 Å². The van der Waals surface area contributed by atoms with Crippen LogP contribution in [0.25, 0.3) is 10.8 Å². The van der Waals surface area contributed by atoms with Crippen molar-refractivity contribution >= 4 is 32.4 Å². The molecule has 0 aromatic heterocycles. The Balaban J connectivity index is 0.00000117. The van der Waals surface area contributed by atoms with Gasteiger partial charge < -0.3 is 5.32 Å². The van der Waals surface area contributed by atoms with Crippen LogP contribution < -0.4 is 5.32 Å². The summed E-state index contributed by atoms with van der Waals surface area (Å²) in [6.07, 6.45) is 2.19. The third-order valence-corrected chi connectivity index (χ3v) is 5.37. The van der Waals surface area contributed by atoms with Crippen molar-refractivity contribution in [2.45, 2.75) is 39.0 Å². The molecular weight excluding hydrogens is 382 g/mol. The Morgan fingerprint density at radius 3 is 2.19 bits per heavy atom. The molecule has 3 aromatic carbocycles. The predicted octanol–water partition coefficient (Wildman–Crippen LogP) is 5.89. The zero-order chi connectivity index (χ0) is 19.2. The maximum atomic E-state index is 2.94. The summed E-state index contributed by atoms with van der Waals surface area (Å²) in [6.45, 7) is 6.88. The SMILES string of the molecule is CBr.CCC(C)(Cc1ccc(C)cc1)c1c([NH2+]C)ccc2ccccc12. The van der Waals surface area contributed by atoms with Gasteiger partial charge in [0.2, 0.25) is 0 Å². The average molecular weight is 413 g/mol. The van der Waals surface area contributed by atoms with Gasteiger partial charge in [-0.2, -0.15) is 0 Å². The molecule has 0 heterocycles. The third-order valence-electron chi connectivity index (χ3n) is 5.37. The van der Waals surface area contributed by atoms with Crippen molar-refractivity contribution in [3.8, 4) is 0 Å². The molecule has 1 nitrogen and oxygen atoms in total. The quantitative estimate of drug-likeness (QED) is 0.397. The molecule has 26 heavy (non-hydrogen) atoms. The summed E-state index contributed by atoms with van der Waals surface area (Å²) < 4.78 is 0. The molecule has 0 aliphatic rings. The van der Waals surface area contributed by atoms with E-state index in [4.69, 9.17) is 0 Å². The van der Waals surface area contributed by atoms with Crippen LogP contribution in [0.15, 0.2) is 60.7 Å². The third kappa shape index (κ3) is 4.36. The monoisotopic (exact) mass is 412 g/mol.